The van der Waals surface area contributed by atoms with Gasteiger partial charge in [0.05, 0.1) is 6.61 Å². The second-order valence-corrected chi connectivity index (χ2v) is 22.0. The van der Waals surface area contributed by atoms with Crippen molar-refractivity contribution in [1.82, 2.24) is 0 Å². The van der Waals surface area contributed by atoms with Crippen LogP contribution in [0.2, 0.25) is 0 Å². The second kappa shape index (κ2) is 55.0. The van der Waals surface area contributed by atoms with Crippen molar-refractivity contribution >= 4 is 23.9 Å². The Bertz CT molecular complexity index is 1600. The number of carboxylic acids is 1. The van der Waals surface area contributed by atoms with Gasteiger partial charge in [-0.2, -0.15) is 0 Å². The summed E-state index contributed by atoms with van der Waals surface area (Å²) in [6.45, 7) is 5.88. The lowest BCUT2D eigenvalue weighted by atomic mass is 9.98. The van der Waals surface area contributed by atoms with Crippen molar-refractivity contribution in [2.24, 2.45) is 0 Å². The molecule has 1 heterocycles. The fraction of sp³-hybridized carbons (Fsp3) is 0.791. The molecular weight excluding hydrogens is 997 g/mol. The van der Waals surface area contributed by atoms with Gasteiger partial charge in [0.2, 0.25) is 0 Å². The lowest BCUT2D eigenvalue weighted by Gasteiger charge is -2.40. The highest BCUT2D eigenvalue weighted by molar-refractivity contribution is 5.74. The van der Waals surface area contributed by atoms with E-state index in [4.69, 9.17) is 23.7 Å². The molecule has 1 saturated heterocycles. The predicted octanol–water partition coefficient (Wildman–Crippen LogP) is 17.1. The Balaban J connectivity index is 2.67. The van der Waals surface area contributed by atoms with Gasteiger partial charge in [0, 0.05) is 19.3 Å². The largest absolute Gasteiger partial charge is 0.479 e. The van der Waals surface area contributed by atoms with Gasteiger partial charge in [-0.1, -0.05) is 248 Å². The predicted molar refractivity (Wildman–Crippen MR) is 322 cm³/mol. The summed E-state index contributed by atoms with van der Waals surface area (Å²) in [7, 11) is 0. The van der Waals surface area contributed by atoms with Gasteiger partial charge in [-0.25, -0.2) is 4.79 Å². The van der Waals surface area contributed by atoms with E-state index in [1.807, 2.05) is 0 Å². The first-order valence-electron chi connectivity index (χ1n) is 32.3. The van der Waals surface area contributed by atoms with E-state index in [0.29, 0.717) is 19.3 Å². The quantitative estimate of drug-likeness (QED) is 0.0228. The Morgan fingerprint density at radius 1 is 0.430 bits per heavy atom. The van der Waals surface area contributed by atoms with Crippen LogP contribution >= 0.6 is 0 Å². The van der Waals surface area contributed by atoms with E-state index >= 15 is 0 Å². The monoisotopic (exact) mass is 1110 g/mol. The Morgan fingerprint density at radius 2 is 0.797 bits per heavy atom. The lowest BCUT2D eigenvalue weighted by Crippen LogP contribution is -2.61. The maximum absolute atomic E-state index is 13.2. The van der Waals surface area contributed by atoms with Crippen molar-refractivity contribution in [2.45, 2.75) is 327 Å². The average Bonchev–Trinajstić information content (AvgIpc) is 3.46. The highest BCUT2D eigenvalue weighted by atomic mass is 16.7. The number of rotatable bonds is 55. The first-order valence-corrected chi connectivity index (χ1v) is 32.3. The summed E-state index contributed by atoms with van der Waals surface area (Å²) in [5.41, 5.74) is 0. The van der Waals surface area contributed by atoms with Crippen LogP contribution in [0.5, 0.6) is 0 Å². The highest BCUT2D eigenvalue weighted by Gasteiger charge is 2.50. The Hall–Kier alpha value is -3.58. The topological polar surface area (TPSA) is 175 Å². The van der Waals surface area contributed by atoms with Crippen molar-refractivity contribution in [3.8, 4) is 0 Å². The van der Waals surface area contributed by atoms with Gasteiger partial charge in [0.1, 0.15) is 18.8 Å². The van der Waals surface area contributed by atoms with Crippen LogP contribution < -0.4 is 0 Å². The molecule has 6 unspecified atom stereocenters. The zero-order chi connectivity index (χ0) is 57.5. The number of unbranched alkanes of at least 4 members (excludes halogenated alkanes) is 31. The molecule has 1 aliphatic rings. The molecule has 12 heteroatoms. The smallest absolute Gasteiger partial charge is 0.335 e. The normalized spacial score (nSPS) is 18.2. The fourth-order valence-electron chi connectivity index (χ4n) is 9.65. The van der Waals surface area contributed by atoms with E-state index in [9.17, 15) is 34.5 Å². The van der Waals surface area contributed by atoms with Crippen molar-refractivity contribution in [3.63, 3.8) is 0 Å². The molecular formula is C67H116O12. The summed E-state index contributed by atoms with van der Waals surface area (Å²) in [4.78, 5) is 51.3. The maximum Gasteiger partial charge on any atom is 0.335 e. The molecule has 1 rings (SSSR count). The van der Waals surface area contributed by atoms with E-state index in [1.165, 1.54) is 116 Å². The number of aliphatic hydroxyl groups excluding tert-OH is 2. The fourth-order valence-corrected chi connectivity index (χ4v) is 9.65. The minimum absolute atomic E-state index is 0.0444. The van der Waals surface area contributed by atoms with Crippen molar-refractivity contribution in [2.75, 3.05) is 13.2 Å². The van der Waals surface area contributed by atoms with Crippen LogP contribution in [0, 0.1) is 0 Å². The third-order valence-corrected chi connectivity index (χ3v) is 14.6. The first-order chi connectivity index (χ1) is 38.6. The number of hydrogen-bond acceptors (Lipinski definition) is 11. The first kappa shape index (κ1) is 73.4. The molecule has 3 N–H and O–H groups in total. The lowest BCUT2D eigenvalue weighted by molar-refractivity contribution is -0.301. The van der Waals surface area contributed by atoms with E-state index in [0.717, 1.165) is 116 Å². The van der Waals surface area contributed by atoms with E-state index in [-0.39, 0.29) is 25.9 Å². The number of carboxylic acid groups (broad SMARTS) is 1. The van der Waals surface area contributed by atoms with Gasteiger partial charge in [-0.3, -0.25) is 14.4 Å². The molecule has 456 valence electrons. The van der Waals surface area contributed by atoms with Crippen molar-refractivity contribution < 1.29 is 58.2 Å². The number of carbonyl (C=O) groups excluding carboxylic acids is 3. The summed E-state index contributed by atoms with van der Waals surface area (Å²) in [5.74, 6) is -3.13. The minimum atomic E-state index is -1.91. The summed E-state index contributed by atoms with van der Waals surface area (Å²) in [6.07, 6.45) is 56.0. The minimum Gasteiger partial charge on any atom is -0.479 e. The van der Waals surface area contributed by atoms with E-state index in [2.05, 4.69) is 81.5 Å². The van der Waals surface area contributed by atoms with Crippen LogP contribution in [0.1, 0.15) is 290 Å². The zero-order valence-corrected chi connectivity index (χ0v) is 50.4. The van der Waals surface area contributed by atoms with Crippen LogP contribution in [0.15, 0.2) is 60.8 Å². The van der Waals surface area contributed by atoms with Crippen molar-refractivity contribution in [3.05, 3.63) is 60.8 Å². The molecule has 0 saturated carbocycles. The molecule has 1 aliphatic heterocycles. The van der Waals surface area contributed by atoms with Gasteiger partial charge in [0.15, 0.2) is 24.6 Å². The van der Waals surface area contributed by atoms with Gasteiger partial charge in [0.25, 0.3) is 0 Å². The Labute approximate surface area is 481 Å². The highest BCUT2D eigenvalue weighted by Crippen LogP contribution is 2.27. The molecule has 79 heavy (non-hydrogen) atoms. The van der Waals surface area contributed by atoms with Crippen LogP contribution in [0.25, 0.3) is 0 Å². The van der Waals surface area contributed by atoms with Crippen LogP contribution in [0.4, 0.5) is 0 Å². The number of hydrogen-bond donors (Lipinski definition) is 3. The molecule has 0 aliphatic carbocycles. The van der Waals surface area contributed by atoms with Gasteiger partial charge >= 0.3 is 23.9 Å². The third kappa shape index (κ3) is 44.7. The molecule has 0 aromatic heterocycles. The number of esters is 3. The maximum atomic E-state index is 13.2. The number of aliphatic carboxylic acids is 1. The summed E-state index contributed by atoms with van der Waals surface area (Å²) in [5, 5.41) is 31.6. The molecule has 6 atom stereocenters. The summed E-state index contributed by atoms with van der Waals surface area (Å²) >= 11 is 0. The zero-order valence-electron chi connectivity index (χ0n) is 50.4. The third-order valence-electron chi connectivity index (χ3n) is 14.6. The molecule has 0 amide bonds. The van der Waals surface area contributed by atoms with Gasteiger partial charge in [-0.15, -0.1) is 0 Å². The number of allylic oxidation sites excluding steroid dienone is 10. The van der Waals surface area contributed by atoms with Crippen LogP contribution in [0.3, 0.4) is 0 Å². The molecule has 1 fully saturated rings. The molecule has 0 aromatic carbocycles. The molecule has 12 nitrogen and oxygen atoms in total. The molecule has 0 bridgehead atoms. The summed E-state index contributed by atoms with van der Waals surface area (Å²) in [6, 6.07) is 0. The SMILES string of the molecule is CC/C=C\C/C=C\C/C=C\CCCCCCCCCC(=O)OCC(COC1OC(C(=O)O)C(O)C(O)C1OC(=O)CCCCCCC/C=C\C/C=C\CCCCC)OC(=O)CCCCCCCCCCCCCCCCCCC. The van der Waals surface area contributed by atoms with Crippen LogP contribution in [-0.2, 0) is 42.9 Å². The van der Waals surface area contributed by atoms with Gasteiger partial charge < -0.3 is 39.0 Å². The molecule has 0 radical (unpaired) electrons. The van der Waals surface area contributed by atoms with Crippen LogP contribution in [-0.4, -0.2) is 89.2 Å². The molecule has 0 aromatic rings. The second-order valence-electron chi connectivity index (χ2n) is 22.0. The van der Waals surface area contributed by atoms with Crippen molar-refractivity contribution in [1.29, 1.82) is 0 Å². The van der Waals surface area contributed by atoms with E-state index < -0.39 is 67.3 Å². The number of carbonyl (C=O) groups is 4. The average molecular weight is 1110 g/mol. The molecule has 0 spiro atoms. The Kier molecular flexibility index (Phi) is 51.1. The standard InChI is InChI=1S/C67H116O12/c1-4-7-10-13-16-19-22-25-28-30-33-35-38-41-44-47-50-53-59(68)75-56-58(77-60(69)54-51-48-45-42-39-37-34-31-29-26-23-20-17-14-11-8-5-2)57-76-67-65(63(72)62(71)64(79-67)66(73)74)78-61(70)55-52-49-46-43-40-36-32-27-24-21-18-15-12-9-6-3/h7,10,16,18-19,21,25,27-28,32,58,62-65,67,71-72H,4-6,8-9,11-15,17,20,22-24,26,29-31,33-57H2,1-3H3,(H,73,74)/b10-7-,19-16-,21-18-,28-25-,32-27-. The Morgan fingerprint density at radius 3 is 1.24 bits per heavy atom. The number of aliphatic hydroxyl groups is 2. The number of ether oxygens (including phenoxy) is 5. The van der Waals surface area contributed by atoms with E-state index in [1.54, 1.807) is 0 Å². The van der Waals surface area contributed by atoms with Gasteiger partial charge in [-0.05, 0) is 83.5 Å². The summed E-state index contributed by atoms with van der Waals surface area (Å²) < 4.78 is 28.5.